The number of benzene rings is 2. The molecular formula is C33H35NO7. The molecule has 2 aromatic carbocycles. The van der Waals surface area contributed by atoms with Gasteiger partial charge in [0.05, 0.1) is 30.2 Å². The van der Waals surface area contributed by atoms with Crippen LogP contribution in [-0.4, -0.2) is 46.5 Å². The number of imide groups is 1. The number of ether oxygens (including phenoxy) is 1. The number of amides is 2. The fourth-order valence-electron chi connectivity index (χ4n) is 6.00. The van der Waals surface area contributed by atoms with Crippen LogP contribution in [0.25, 0.3) is 6.08 Å². The van der Waals surface area contributed by atoms with Crippen LogP contribution < -0.4 is 9.64 Å². The van der Waals surface area contributed by atoms with Crippen LogP contribution in [0.3, 0.4) is 0 Å². The maximum atomic E-state index is 13.7. The summed E-state index contributed by atoms with van der Waals surface area (Å²) in [6.07, 6.45) is 2.04. The van der Waals surface area contributed by atoms with E-state index in [1.165, 1.54) is 4.90 Å². The van der Waals surface area contributed by atoms with E-state index in [1.54, 1.807) is 36.4 Å². The van der Waals surface area contributed by atoms with Gasteiger partial charge in [0.2, 0.25) is 11.8 Å². The molecular weight excluding hydrogens is 522 g/mol. The summed E-state index contributed by atoms with van der Waals surface area (Å²) in [6.45, 7) is 1.50. The summed E-state index contributed by atoms with van der Waals surface area (Å²) < 4.78 is 11.6. The lowest BCUT2D eigenvalue weighted by atomic mass is 9.68. The molecule has 1 aliphatic heterocycles. The maximum absolute atomic E-state index is 13.7. The molecule has 8 heteroatoms. The van der Waals surface area contributed by atoms with E-state index in [2.05, 4.69) is 0 Å². The number of aliphatic hydroxyl groups excluding tert-OH is 3. The van der Waals surface area contributed by atoms with Gasteiger partial charge in [-0.3, -0.25) is 14.5 Å². The third-order valence-electron chi connectivity index (χ3n) is 7.95. The molecule has 1 fully saturated rings. The summed E-state index contributed by atoms with van der Waals surface area (Å²) >= 11 is 0. The summed E-state index contributed by atoms with van der Waals surface area (Å²) in [5.41, 5.74) is 2.77. The Morgan fingerprint density at radius 2 is 1.73 bits per heavy atom. The number of allylic oxidation sites excluding steroid dienone is 1. The lowest BCUT2D eigenvalue weighted by Gasteiger charge is -2.36. The maximum Gasteiger partial charge on any atom is 0.238 e. The Bertz CT molecular complexity index is 1430. The fraction of sp³-hybridized carbons (Fsp3) is 0.333. The number of carbonyl (C=O) groups is 2. The number of rotatable bonds is 11. The van der Waals surface area contributed by atoms with Crippen molar-refractivity contribution < 1.29 is 34.1 Å². The van der Waals surface area contributed by atoms with Gasteiger partial charge in [-0.1, -0.05) is 42.0 Å². The molecule has 1 saturated heterocycles. The molecule has 4 atom stereocenters. The van der Waals surface area contributed by atoms with Gasteiger partial charge < -0.3 is 24.5 Å². The summed E-state index contributed by atoms with van der Waals surface area (Å²) in [5, 5.41) is 31.4. The van der Waals surface area contributed by atoms with Crippen molar-refractivity contribution in [2.45, 2.75) is 38.9 Å². The number of furan rings is 1. The van der Waals surface area contributed by atoms with Gasteiger partial charge in [-0.05, 0) is 79.8 Å². The molecule has 214 valence electrons. The van der Waals surface area contributed by atoms with E-state index in [0.29, 0.717) is 41.4 Å². The molecule has 1 aliphatic carbocycles. The fourth-order valence-corrected chi connectivity index (χ4v) is 6.00. The zero-order chi connectivity index (χ0) is 28.9. The van der Waals surface area contributed by atoms with Crippen molar-refractivity contribution in [3.8, 4) is 5.75 Å². The van der Waals surface area contributed by atoms with Crippen LogP contribution in [0.15, 0.2) is 93.9 Å². The Balaban J connectivity index is 1.42. The SMILES string of the molecule is C/C(=C\c1ccc(CO)o1)CC[C@@H](O)C1=C(COc2ccccc2)C[C@H]2C(=O)N(c3ccccc3)C(=O)[C@H]2[C@H]1CO. The molecule has 2 amide bonds. The van der Waals surface area contributed by atoms with E-state index in [0.717, 1.165) is 11.1 Å². The molecule has 0 bridgehead atoms. The Labute approximate surface area is 239 Å². The summed E-state index contributed by atoms with van der Waals surface area (Å²) in [7, 11) is 0. The molecule has 41 heavy (non-hydrogen) atoms. The zero-order valence-corrected chi connectivity index (χ0v) is 23.0. The first-order valence-electron chi connectivity index (χ1n) is 13.9. The summed E-state index contributed by atoms with van der Waals surface area (Å²) in [5.74, 6) is -1.05. The average Bonchev–Trinajstić information content (AvgIpc) is 3.55. The lowest BCUT2D eigenvalue weighted by Crippen LogP contribution is -2.40. The highest BCUT2D eigenvalue weighted by Gasteiger charge is 2.55. The van der Waals surface area contributed by atoms with Crippen LogP contribution in [0.1, 0.15) is 37.7 Å². The Morgan fingerprint density at radius 1 is 1.02 bits per heavy atom. The van der Waals surface area contributed by atoms with Gasteiger partial charge in [-0.2, -0.15) is 0 Å². The van der Waals surface area contributed by atoms with Crippen molar-refractivity contribution in [3.05, 3.63) is 101 Å². The third kappa shape index (κ3) is 6.05. The number of hydrogen-bond donors (Lipinski definition) is 3. The number of carbonyl (C=O) groups excluding carboxylic acids is 2. The van der Waals surface area contributed by atoms with E-state index < -0.39 is 23.9 Å². The molecule has 5 rings (SSSR count). The number of anilines is 1. The van der Waals surface area contributed by atoms with Crippen LogP contribution in [0.4, 0.5) is 5.69 Å². The molecule has 1 aromatic heterocycles. The molecule has 0 radical (unpaired) electrons. The molecule has 3 N–H and O–H groups in total. The normalized spacial score (nSPS) is 21.8. The number of para-hydroxylation sites is 2. The monoisotopic (exact) mass is 557 g/mol. The Kier molecular flexibility index (Phi) is 8.83. The van der Waals surface area contributed by atoms with Gasteiger partial charge in [0.15, 0.2) is 0 Å². The van der Waals surface area contributed by atoms with Crippen molar-refractivity contribution in [2.75, 3.05) is 18.1 Å². The second-order valence-electron chi connectivity index (χ2n) is 10.6. The first-order chi connectivity index (χ1) is 19.9. The molecule has 2 aliphatic rings. The standard InChI is InChI=1S/C33H35NO7/c1-21(16-25-13-14-26(18-35)41-25)12-15-29(37)30-22(20-40-24-10-6-3-7-11-24)17-27-31(28(30)19-36)33(39)34(32(27)38)23-8-4-2-5-9-23/h2-11,13-14,16,27-29,31,35-37H,12,15,17-20H2,1H3/b21-16+/t27-,28+,29-,31-/m1/s1. The van der Waals surface area contributed by atoms with Gasteiger partial charge in [0.1, 0.15) is 30.5 Å². The van der Waals surface area contributed by atoms with Crippen LogP contribution in [0, 0.1) is 17.8 Å². The van der Waals surface area contributed by atoms with Crippen LogP contribution >= 0.6 is 0 Å². The predicted molar refractivity (Wildman–Crippen MR) is 154 cm³/mol. The zero-order valence-electron chi connectivity index (χ0n) is 23.0. The minimum Gasteiger partial charge on any atom is -0.489 e. The van der Waals surface area contributed by atoms with Gasteiger partial charge >= 0.3 is 0 Å². The second kappa shape index (κ2) is 12.7. The van der Waals surface area contributed by atoms with Gasteiger partial charge in [0.25, 0.3) is 0 Å². The van der Waals surface area contributed by atoms with E-state index >= 15 is 0 Å². The number of nitrogens with zero attached hydrogens (tertiary/aromatic N) is 1. The quantitative estimate of drug-likeness (QED) is 0.234. The third-order valence-corrected chi connectivity index (χ3v) is 7.95. The predicted octanol–water partition coefficient (Wildman–Crippen LogP) is 4.51. The number of fused-ring (bicyclic) bond motifs is 1. The Hall–Kier alpha value is -3.98. The van der Waals surface area contributed by atoms with Crippen molar-refractivity contribution >= 4 is 23.6 Å². The smallest absolute Gasteiger partial charge is 0.238 e. The summed E-state index contributed by atoms with van der Waals surface area (Å²) in [6, 6.07) is 21.6. The molecule has 0 spiro atoms. The minimum atomic E-state index is -0.955. The van der Waals surface area contributed by atoms with E-state index in [9.17, 15) is 24.9 Å². The minimum absolute atomic E-state index is 0.133. The largest absolute Gasteiger partial charge is 0.489 e. The van der Waals surface area contributed by atoms with Gasteiger partial charge in [0, 0.05) is 5.92 Å². The average molecular weight is 558 g/mol. The molecule has 8 nitrogen and oxygen atoms in total. The molecule has 3 aromatic rings. The summed E-state index contributed by atoms with van der Waals surface area (Å²) in [4.78, 5) is 28.5. The number of hydrogen-bond acceptors (Lipinski definition) is 7. The highest BCUT2D eigenvalue weighted by Crippen LogP contribution is 2.47. The van der Waals surface area contributed by atoms with Gasteiger partial charge in [-0.25, -0.2) is 0 Å². The van der Waals surface area contributed by atoms with Crippen molar-refractivity contribution in [2.24, 2.45) is 17.8 Å². The van der Waals surface area contributed by atoms with E-state index in [4.69, 9.17) is 9.15 Å². The molecule has 2 heterocycles. The highest BCUT2D eigenvalue weighted by molar-refractivity contribution is 6.22. The van der Waals surface area contributed by atoms with Crippen LogP contribution in [-0.2, 0) is 16.2 Å². The Morgan fingerprint density at radius 3 is 2.39 bits per heavy atom. The van der Waals surface area contributed by atoms with Crippen LogP contribution in [0.2, 0.25) is 0 Å². The number of aliphatic hydroxyl groups is 3. The van der Waals surface area contributed by atoms with Crippen molar-refractivity contribution in [1.82, 2.24) is 0 Å². The topological polar surface area (TPSA) is 120 Å². The van der Waals surface area contributed by atoms with Crippen molar-refractivity contribution in [1.29, 1.82) is 0 Å². The highest BCUT2D eigenvalue weighted by atomic mass is 16.5. The lowest BCUT2D eigenvalue weighted by molar-refractivity contribution is -0.123. The first-order valence-corrected chi connectivity index (χ1v) is 13.9. The van der Waals surface area contributed by atoms with Crippen LogP contribution in [0.5, 0.6) is 5.75 Å². The molecule has 0 saturated carbocycles. The molecule has 0 unspecified atom stereocenters. The van der Waals surface area contributed by atoms with E-state index in [1.807, 2.05) is 49.4 Å². The van der Waals surface area contributed by atoms with Crippen molar-refractivity contribution in [3.63, 3.8) is 0 Å². The van der Waals surface area contributed by atoms with E-state index in [-0.39, 0.29) is 38.1 Å². The second-order valence-corrected chi connectivity index (χ2v) is 10.6. The van der Waals surface area contributed by atoms with Gasteiger partial charge in [-0.15, -0.1) is 0 Å². The first kappa shape index (κ1) is 28.5.